The average Bonchev–Trinajstić information content (AvgIpc) is 3.09. The second-order valence-corrected chi connectivity index (χ2v) is 7.41. The lowest BCUT2D eigenvalue weighted by Crippen LogP contribution is -2.30. The molecule has 6 heteroatoms. The molecule has 1 saturated heterocycles. The molecule has 162 valence electrons. The Bertz CT molecular complexity index is 635. The number of hydroxylamine groups is 2. The molecule has 1 aliphatic heterocycles. The number of hydrogen-bond acceptors (Lipinski definition) is 6. The van der Waals surface area contributed by atoms with E-state index in [4.69, 9.17) is 14.3 Å². The lowest BCUT2D eigenvalue weighted by Gasteiger charge is -2.24. The van der Waals surface area contributed by atoms with Crippen LogP contribution in [-0.2, 0) is 19.1 Å². The highest BCUT2D eigenvalue weighted by molar-refractivity contribution is 5.69. The van der Waals surface area contributed by atoms with Crippen LogP contribution in [0.1, 0.15) is 51.5 Å². The fourth-order valence-electron chi connectivity index (χ4n) is 3.49. The van der Waals surface area contributed by atoms with Gasteiger partial charge in [0.15, 0.2) is 6.23 Å². The zero-order chi connectivity index (χ0) is 21.1. The van der Waals surface area contributed by atoms with E-state index in [9.17, 15) is 4.79 Å². The van der Waals surface area contributed by atoms with Crippen LogP contribution in [0, 0.1) is 5.92 Å². The van der Waals surface area contributed by atoms with Gasteiger partial charge in [-0.2, -0.15) is 0 Å². The van der Waals surface area contributed by atoms with Gasteiger partial charge in [0.25, 0.3) is 0 Å². The second kappa shape index (κ2) is 12.5. The van der Waals surface area contributed by atoms with Crippen molar-refractivity contribution in [1.82, 2.24) is 9.96 Å². The van der Waals surface area contributed by atoms with Crippen molar-refractivity contribution in [2.24, 2.45) is 5.92 Å². The molecule has 0 aliphatic carbocycles. The molecular weight excluding hydrogens is 368 g/mol. The van der Waals surface area contributed by atoms with Crippen LogP contribution in [-0.4, -0.2) is 56.1 Å². The van der Waals surface area contributed by atoms with E-state index in [0.717, 1.165) is 24.2 Å². The minimum atomic E-state index is -0.218. The molecule has 1 heterocycles. The predicted molar refractivity (Wildman–Crippen MR) is 115 cm³/mol. The Balaban J connectivity index is 1.96. The summed E-state index contributed by atoms with van der Waals surface area (Å²) < 4.78 is 11.1. The van der Waals surface area contributed by atoms with Gasteiger partial charge in [0.2, 0.25) is 0 Å². The van der Waals surface area contributed by atoms with E-state index in [-0.39, 0.29) is 12.2 Å². The lowest BCUT2D eigenvalue weighted by molar-refractivity contribution is -0.184. The number of hydrogen-bond donors (Lipinski definition) is 0. The summed E-state index contributed by atoms with van der Waals surface area (Å²) in [5, 5.41) is 1.75. The number of nitrogens with zero attached hydrogens (tertiary/aromatic N) is 2. The Kier molecular flexibility index (Phi) is 10.0. The van der Waals surface area contributed by atoms with Crippen LogP contribution < -0.4 is 0 Å². The maximum atomic E-state index is 12.3. The van der Waals surface area contributed by atoms with E-state index in [0.29, 0.717) is 32.0 Å². The summed E-state index contributed by atoms with van der Waals surface area (Å²) >= 11 is 0. The van der Waals surface area contributed by atoms with Gasteiger partial charge < -0.3 is 14.4 Å². The number of carbonyl (C=O) groups excluding carboxylic acids is 1. The summed E-state index contributed by atoms with van der Waals surface area (Å²) in [6, 6.07) is 10.1. The van der Waals surface area contributed by atoms with Crippen LogP contribution in [0.25, 0.3) is 6.08 Å². The number of esters is 1. The topological polar surface area (TPSA) is 51.2 Å². The van der Waals surface area contributed by atoms with Crippen molar-refractivity contribution in [1.29, 1.82) is 0 Å². The van der Waals surface area contributed by atoms with Crippen LogP contribution in [0.2, 0.25) is 0 Å². The van der Waals surface area contributed by atoms with Gasteiger partial charge in [0, 0.05) is 13.7 Å². The number of unbranched alkanes of at least 4 members (excludes halogenated alkanes) is 1. The third kappa shape index (κ3) is 7.05. The lowest BCUT2D eigenvalue weighted by atomic mass is 10.0. The van der Waals surface area contributed by atoms with E-state index in [1.165, 1.54) is 12.8 Å². The zero-order valence-corrected chi connectivity index (χ0v) is 18.3. The van der Waals surface area contributed by atoms with Crippen molar-refractivity contribution in [2.75, 3.05) is 33.9 Å². The number of carbonyl (C=O) groups is 1. The highest BCUT2D eigenvalue weighted by Crippen LogP contribution is 2.27. The zero-order valence-electron chi connectivity index (χ0n) is 18.3. The van der Waals surface area contributed by atoms with Crippen molar-refractivity contribution in [3.8, 4) is 0 Å². The summed E-state index contributed by atoms with van der Waals surface area (Å²) in [4.78, 5) is 20.0. The smallest absolute Gasteiger partial charge is 0.307 e. The first-order chi connectivity index (χ1) is 14.1. The summed E-state index contributed by atoms with van der Waals surface area (Å²) in [7, 11) is 3.29. The SMILES string of the molecule is CCCCC(CC)COC(=O)CCN1CC(OC)N(OC)C1=Cc1ccccc1. The van der Waals surface area contributed by atoms with Crippen LogP contribution in [0.3, 0.4) is 0 Å². The summed E-state index contributed by atoms with van der Waals surface area (Å²) in [5.41, 5.74) is 1.07. The van der Waals surface area contributed by atoms with Crippen molar-refractivity contribution in [3.05, 3.63) is 41.7 Å². The highest BCUT2D eigenvalue weighted by Gasteiger charge is 2.34. The molecule has 1 fully saturated rings. The van der Waals surface area contributed by atoms with Crippen LogP contribution in [0.4, 0.5) is 0 Å². The van der Waals surface area contributed by atoms with Gasteiger partial charge in [-0.3, -0.25) is 9.63 Å². The Hall–Kier alpha value is -2.05. The molecule has 0 amide bonds. The van der Waals surface area contributed by atoms with Gasteiger partial charge in [-0.25, -0.2) is 5.06 Å². The van der Waals surface area contributed by atoms with Gasteiger partial charge >= 0.3 is 5.97 Å². The van der Waals surface area contributed by atoms with Crippen molar-refractivity contribution >= 4 is 12.0 Å². The number of benzene rings is 1. The number of rotatable bonds is 12. The van der Waals surface area contributed by atoms with Gasteiger partial charge in [0.05, 0.1) is 26.7 Å². The second-order valence-electron chi connectivity index (χ2n) is 7.41. The van der Waals surface area contributed by atoms with E-state index < -0.39 is 0 Å². The highest BCUT2D eigenvalue weighted by atomic mass is 16.7. The molecule has 1 aliphatic rings. The van der Waals surface area contributed by atoms with Crippen LogP contribution in [0.15, 0.2) is 36.2 Å². The first kappa shape index (κ1) is 23.2. The molecule has 0 bridgehead atoms. The molecule has 0 spiro atoms. The first-order valence-electron chi connectivity index (χ1n) is 10.7. The Morgan fingerprint density at radius 2 is 2.00 bits per heavy atom. The average molecular weight is 405 g/mol. The van der Waals surface area contributed by atoms with E-state index in [1.807, 2.05) is 36.4 Å². The minimum absolute atomic E-state index is 0.149. The van der Waals surface area contributed by atoms with Gasteiger partial charge in [-0.05, 0) is 24.0 Å². The molecule has 6 nitrogen and oxygen atoms in total. The largest absolute Gasteiger partial charge is 0.465 e. The van der Waals surface area contributed by atoms with Crippen molar-refractivity contribution in [3.63, 3.8) is 0 Å². The maximum absolute atomic E-state index is 12.3. The minimum Gasteiger partial charge on any atom is -0.465 e. The van der Waals surface area contributed by atoms with Crippen molar-refractivity contribution < 1.29 is 19.1 Å². The molecule has 2 atom stereocenters. The molecule has 1 aromatic rings. The standard InChI is InChI=1S/C23H36N2O4/c1-5-7-11-19(6-2)18-29-23(26)14-15-24-17-22(27-3)25(28-4)21(24)16-20-12-9-8-10-13-20/h8-10,12-13,16,19,22H,5-7,11,14-15,17-18H2,1-4H3. The van der Waals surface area contributed by atoms with E-state index in [1.54, 1.807) is 19.3 Å². The summed E-state index contributed by atoms with van der Waals surface area (Å²) in [6.45, 7) is 6.05. The number of ether oxygens (including phenoxy) is 2. The Labute approximate surface area is 175 Å². The third-order valence-corrected chi connectivity index (χ3v) is 5.36. The molecule has 0 N–H and O–H groups in total. The molecule has 0 radical (unpaired) electrons. The monoisotopic (exact) mass is 404 g/mol. The van der Waals surface area contributed by atoms with Crippen LogP contribution in [0.5, 0.6) is 0 Å². The first-order valence-corrected chi connectivity index (χ1v) is 10.7. The fraction of sp³-hybridized carbons (Fsp3) is 0.609. The third-order valence-electron chi connectivity index (χ3n) is 5.36. The predicted octanol–water partition coefficient (Wildman–Crippen LogP) is 4.29. The normalized spacial score (nSPS) is 19.0. The summed E-state index contributed by atoms with van der Waals surface area (Å²) in [6.07, 6.45) is 6.69. The van der Waals surface area contributed by atoms with Gasteiger partial charge in [-0.15, -0.1) is 0 Å². The van der Waals surface area contributed by atoms with Crippen molar-refractivity contribution in [2.45, 2.75) is 52.2 Å². The summed E-state index contributed by atoms with van der Waals surface area (Å²) in [5.74, 6) is 1.19. The van der Waals surface area contributed by atoms with Gasteiger partial charge in [0.1, 0.15) is 5.82 Å². The van der Waals surface area contributed by atoms with Crippen LogP contribution >= 0.6 is 0 Å². The Morgan fingerprint density at radius 3 is 2.62 bits per heavy atom. The molecule has 2 unspecified atom stereocenters. The molecule has 1 aromatic carbocycles. The fourth-order valence-corrected chi connectivity index (χ4v) is 3.49. The van der Waals surface area contributed by atoms with Gasteiger partial charge in [-0.1, -0.05) is 63.4 Å². The Morgan fingerprint density at radius 1 is 1.24 bits per heavy atom. The van der Waals surface area contributed by atoms with E-state index >= 15 is 0 Å². The quantitative estimate of drug-likeness (QED) is 0.485. The number of methoxy groups -OCH3 is 1. The van der Waals surface area contributed by atoms with E-state index in [2.05, 4.69) is 18.7 Å². The molecular formula is C23H36N2O4. The molecule has 2 rings (SSSR count). The molecule has 29 heavy (non-hydrogen) atoms. The maximum Gasteiger partial charge on any atom is 0.307 e. The molecule has 0 aromatic heterocycles. The molecule has 0 saturated carbocycles.